The van der Waals surface area contributed by atoms with Crippen LogP contribution in [0.3, 0.4) is 0 Å². The maximum atomic E-state index is 12.2. The van der Waals surface area contributed by atoms with Gasteiger partial charge in [0.05, 0.1) is 0 Å². The van der Waals surface area contributed by atoms with E-state index in [1.165, 1.54) is 0 Å². The number of amides is 2. The lowest BCUT2D eigenvalue weighted by molar-refractivity contribution is -0.139. The molecule has 0 saturated heterocycles. The van der Waals surface area contributed by atoms with Gasteiger partial charge in [-0.05, 0) is 31.1 Å². The summed E-state index contributed by atoms with van der Waals surface area (Å²) in [6.07, 6.45) is 2.52. The molecule has 1 aliphatic rings. The zero-order valence-electron chi connectivity index (χ0n) is 12.3. The number of carboxylic acid groups (broad SMARTS) is 1. The van der Waals surface area contributed by atoms with Gasteiger partial charge in [0.2, 0.25) is 0 Å². The summed E-state index contributed by atoms with van der Waals surface area (Å²) in [5.41, 5.74) is 0. The predicted octanol–water partition coefficient (Wildman–Crippen LogP) is 2.32. The van der Waals surface area contributed by atoms with E-state index in [0.29, 0.717) is 24.9 Å². The van der Waals surface area contributed by atoms with Crippen molar-refractivity contribution in [2.24, 2.45) is 11.8 Å². The van der Waals surface area contributed by atoms with E-state index in [4.69, 9.17) is 5.11 Å². The number of hydrogen-bond acceptors (Lipinski definition) is 2. The van der Waals surface area contributed by atoms with Gasteiger partial charge in [-0.25, -0.2) is 9.59 Å². The molecule has 0 bridgehead atoms. The molecule has 0 aromatic rings. The molecule has 110 valence electrons. The lowest BCUT2D eigenvalue weighted by Crippen LogP contribution is -2.50. The molecule has 2 N–H and O–H groups in total. The molecular weight excluding hydrogens is 244 g/mol. The van der Waals surface area contributed by atoms with E-state index in [9.17, 15) is 9.59 Å². The fourth-order valence-corrected chi connectivity index (χ4v) is 2.10. The topological polar surface area (TPSA) is 69.6 Å². The largest absolute Gasteiger partial charge is 0.480 e. The number of rotatable bonds is 7. The molecule has 0 aromatic heterocycles. The number of carboxylic acids is 1. The Balaban J connectivity index is 2.60. The van der Waals surface area contributed by atoms with E-state index in [0.717, 1.165) is 12.8 Å². The van der Waals surface area contributed by atoms with Crippen LogP contribution in [0.4, 0.5) is 4.79 Å². The maximum Gasteiger partial charge on any atom is 0.326 e. The molecule has 5 nitrogen and oxygen atoms in total. The highest BCUT2D eigenvalue weighted by Gasteiger charge is 2.34. The second-order valence-electron chi connectivity index (χ2n) is 6.25. The number of nitrogens with zero attached hydrogens (tertiary/aromatic N) is 1. The zero-order chi connectivity index (χ0) is 14.6. The summed E-state index contributed by atoms with van der Waals surface area (Å²) in [7, 11) is 0. The zero-order valence-corrected chi connectivity index (χ0v) is 12.3. The first-order valence-electron chi connectivity index (χ1n) is 7.11. The normalized spacial score (nSPS) is 16.5. The van der Waals surface area contributed by atoms with E-state index in [1.807, 2.05) is 13.8 Å². The van der Waals surface area contributed by atoms with Gasteiger partial charge in [0.25, 0.3) is 0 Å². The third kappa shape index (κ3) is 5.49. The number of urea groups is 1. The Labute approximate surface area is 115 Å². The third-order valence-corrected chi connectivity index (χ3v) is 3.11. The summed E-state index contributed by atoms with van der Waals surface area (Å²) in [5, 5.41) is 11.8. The number of nitrogens with one attached hydrogen (secondary N) is 1. The number of aliphatic carboxylic acids is 1. The van der Waals surface area contributed by atoms with Crippen LogP contribution in [0.1, 0.15) is 47.0 Å². The average molecular weight is 270 g/mol. The summed E-state index contributed by atoms with van der Waals surface area (Å²) >= 11 is 0. The van der Waals surface area contributed by atoms with E-state index in [2.05, 4.69) is 19.2 Å². The number of hydrogen-bond donors (Lipinski definition) is 2. The highest BCUT2D eigenvalue weighted by atomic mass is 16.4. The fraction of sp³-hybridized carbons (Fsp3) is 0.857. The van der Waals surface area contributed by atoms with Crippen LogP contribution in [0.2, 0.25) is 0 Å². The molecule has 1 aliphatic carbocycles. The smallest absolute Gasteiger partial charge is 0.326 e. The van der Waals surface area contributed by atoms with Crippen molar-refractivity contribution in [3.63, 3.8) is 0 Å². The van der Waals surface area contributed by atoms with Crippen molar-refractivity contribution in [1.82, 2.24) is 10.2 Å². The Morgan fingerprint density at radius 1 is 1.21 bits per heavy atom. The third-order valence-electron chi connectivity index (χ3n) is 3.11. The van der Waals surface area contributed by atoms with E-state index >= 15 is 0 Å². The lowest BCUT2D eigenvalue weighted by atomic mass is 10.0. The Kier molecular flexibility index (Phi) is 5.63. The van der Waals surface area contributed by atoms with Gasteiger partial charge in [-0.1, -0.05) is 27.7 Å². The minimum Gasteiger partial charge on any atom is -0.480 e. The molecule has 1 unspecified atom stereocenters. The van der Waals surface area contributed by atoms with Crippen molar-refractivity contribution in [3.05, 3.63) is 0 Å². The first-order valence-corrected chi connectivity index (χ1v) is 7.11. The van der Waals surface area contributed by atoms with Crippen LogP contribution in [0.5, 0.6) is 0 Å². The molecular formula is C14H26N2O3. The van der Waals surface area contributed by atoms with Crippen molar-refractivity contribution in [1.29, 1.82) is 0 Å². The lowest BCUT2D eigenvalue weighted by Gasteiger charge is -2.27. The van der Waals surface area contributed by atoms with Gasteiger partial charge in [-0.15, -0.1) is 0 Å². The molecule has 5 heteroatoms. The first kappa shape index (κ1) is 15.8. The Hall–Kier alpha value is -1.26. The van der Waals surface area contributed by atoms with Crippen LogP contribution in [0.25, 0.3) is 0 Å². The second-order valence-corrected chi connectivity index (χ2v) is 6.25. The van der Waals surface area contributed by atoms with Gasteiger partial charge in [0.15, 0.2) is 0 Å². The summed E-state index contributed by atoms with van der Waals surface area (Å²) < 4.78 is 0. The highest BCUT2D eigenvalue weighted by molar-refractivity contribution is 5.82. The van der Waals surface area contributed by atoms with Gasteiger partial charge in [-0.2, -0.15) is 0 Å². The molecule has 0 spiro atoms. The predicted molar refractivity (Wildman–Crippen MR) is 74.0 cm³/mol. The van der Waals surface area contributed by atoms with Gasteiger partial charge in [0.1, 0.15) is 6.04 Å². The van der Waals surface area contributed by atoms with Gasteiger partial charge in [0, 0.05) is 12.6 Å². The molecule has 0 aliphatic heterocycles. The van der Waals surface area contributed by atoms with Gasteiger partial charge < -0.3 is 15.3 Å². The average Bonchev–Trinajstić information content (AvgIpc) is 3.07. The van der Waals surface area contributed by atoms with Crippen LogP contribution >= 0.6 is 0 Å². The molecule has 2 amide bonds. The minimum absolute atomic E-state index is 0.232. The van der Waals surface area contributed by atoms with Crippen molar-refractivity contribution >= 4 is 12.0 Å². The summed E-state index contributed by atoms with van der Waals surface area (Å²) in [6, 6.07) is -0.721. The molecule has 1 atom stereocenters. The summed E-state index contributed by atoms with van der Waals surface area (Å²) in [4.78, 5) is 25.2. The molecule has 0 heterocycles. The van der Waals surface area contributed by atoms with Crippen LogP contribution < -0.4 is 5.32 Å². The molecule has 0 aromatic carbocycles. The highest BCUT2D eigenvalue weighted by Crippen LogP contribution is 2.27. The summed E-state index contributed by atoms with van der Waals surface area (Å²) in [6.45, 7) is 8.71. The van der Waals surface area contributed by atoms with E-state index < -0.39 is 12.0 Å². The fourth-order valence-electron chi connectivity index (χ4n) is 2.10. The monoisotopic (exact) mass is 270 g/mol. The van der Waals surface area contributed by atoms with Crippen LogP contribution in [0.15, 0.2) is 0 Å². The van der Waals surface area contributed by atoms with Gasteiger partial charge >= 0.3 is 12.0 Å². The van der Waals surface area contributed by atoms with E-state index in [1.54, 1.807) is 4.90 Å². The van der Waals surface area contributed by atoms with Crippen molar-refractivity contribution < 1.29 is 14.7 Å². The Morgan fingerprint density at radius 2 is 1.79 bits per heavy atom. The van der Waals surface area contributed by atoms with Gasteiger partial charge in [-0.3, -0.25) is 0 Å². The SMILES string of the molecule is CC(C)CC(NC(=O)N(CC(C)C)C1CC1)C(=O)O. The molecule has 0 radical (unpaired) electrons. The van der Waals surface area contributed by atoms with Crippen molar-refractivity contribution in [2.45, 2.75) is 59.0 Å². The first-order chi connectivity index (χ1) is 8.81. The van der Waals surface area contributed by atoms with Crippen LogP contribution in [0, 0.1) is 11.8 Å². The quantitative estimate of drug-likeness (QED) is 0.746. The van der Waals surface area contributed by atoms with Crippen LogP contribution in [-0.2, 0) is 4.79 Å². The molecule has 1 rings (SSSR count). The van der Waals surface area contributed by atoms with Crippen molar-refractivity contribution in [3.8, 4) is 0 Å². The second kappa shape index (κ2) is 6.78. The van der Waals surface area contributed by atoms with E-state index in [-0.39, 0.29) is 11.9 Å². The molecule has 1 saturated carbocycles. The Bertz CT molecular complexity index is 325. The van der Waals surface area contributed by atoms with Crippen molar-refractivity contribution in [2.75, 3.05) is 6.54 Å². The summed E-state index contributed by atoms with van der Waals surface area (Å²) in [5.74, 6) is -0.331. The number of carbonyl (C=O) groups excluding carboxylic acids is 1. The molecule has 1 fully saturated rings. The van der Waals surface area contributed by atoms with Crippen LogP contribution in [-0.4, -0.2) is 40.6 Å². The molecule has 19 heavy (non-hydrogen) atoms. The number of carbonyl (C=O) groups is 2. The Morgan fingerprint density at radius 3 is 2.16 bits per heavy atom. The standard InChI is InChI=1S/C14H26N2O3/c1-9(2)7-12(13(17)18)15-14(19)16(8-10(3)4)11-5-6-11/h9-12H,5-8H2,1-4H3,(H,15,19)(H,17,18). The minimum atomic E-state index is -0.956. The maximum absolute atomic E-state index is 12.2.